The second-order valence-electron chi connectivity index (χ2n) is 4.16. The fourth-order valence-corrected chi connectivity index (χ4v) is 2.94. The first kappa shape index (κ1) is 11.5. The molecule has 2 rings (SSSR count). The molecule has 1 fully saturated rings. The zero-order chi connectivity index (χ0) is 11.6. The van der Waals surface area contributed by atoms with Gasteiger partial charge in [0.05, 0.1) is 0 Å². The monoisotopic (exact) mass is 237 g/mol. The van der Waals surface area contributed by atoms with Gasteiger partial charge in [-0.3, -0.25) is 4.79 Å². The van der Waals surface area contributed by atoms with E-state index in [9.17, 15) is 9.90 Å². The Kier molecular flexibility index (Phi) is 3.21. The molecule has 2 N–H and O–H groups in total. The predicted molar refractivity (Wildman–Crippen MR) is 66.7 cm³/mol. The number of aryl methyl sites for hydroxylation is 1. The Labute approximate surface area is 99.2 Å². The van der Waals surface area contributed by atoms with Crippen LogP contribution in [0.4, 0.5) is 5.69 Å². The fourth-order valence-electron chi connectivity index (χ4n) is 1.70. The minimum Gasteiger partial charge on any atom is -0.379 e. The van der Waals surface area contributed by atoms with Crippen LogP contribution in [0.3, 0.4) is 0 Å². The summed E-state index contributed by atoms with van der Waals surface area (Å²) in [6.45, 7) is 1.97. The first-order valence-corrected chi connectivity index (χ1v) is 6.44. The van der Waals surface area contributed by atoms with Gasteiger partial charge in [-0.05, 0) is 36.8 Å². The summed E-state index contributed by atoms with van der Waals surface area (Å²) in [5.41, 5.74) is 0.648. The normalized spacial score (nSPS) is 24.4. The van der Waals surface area contributed by atoms with Crippen LogP contribution in [0.15, 0.2) is 24.3 Å². The van der Waals surface area contributed by atoms with Gasteiger partial charge >= 0.3 is 0 Å². The van der Waals surface area contributed by atoms with Gasteiger partial charge in [-0.25, -0.2) is 0 Å². The number of hydrogen-bond donors (Lipinski definition) is 2. The number of carbonyl (C=O) groups is 1. The number of anilines is 1. The number of thioether (sulfide) groups is 1. The third-order valence-corrected chi connectivity index (χ3v) is 3.87. The maximum Gasteiger partial charge on any atom is 0.257 e. The van der Waals surface area contributed by atoms with Gasteiger partial charge in [0.2, 0.25) is 0 Å². The largest absolute Gasteiger partial charge is 0.379 e. The van der Waals surface area contributed by atoms with E-state index in [2.05, 4.69) is 5.32 Å². The summed E-state index contributed by atoms with van der Waals surface area (Å²) < 4.78 is 0. The van der Waals surface area contributed by atoms with Crippen molar-refractivity contribution in [2.45, 2.75) is 18.9 Å². The summed E-state index contributed by atoms with van der Waals surface area (Å²) in [5.74, 6) is 1.05. The topological polar surface area (TPSA) is 49.3 Å². The lowest BCUT2D eigenvalue weighted by atomic mass is 10.0. The molecule has 1 saturated heterocycles. The Morgan fingerprint density at radius 3 is 3.00 bits per heavy atom. The quantitative estimate of drug-likeness (QED) is 0.824. The predicted octanol–water partition coefficient (Wildman–Crippen LogP) is 1.80. The van der Waals surface area contributed by atoms with E-state index in [1.54, 1.807) is 11.8 Å². The van der Waals surface area contributed by atoms with Crippen molar-refractivity contribution in [3.05, 3.63) is 29.8 Å². The fraction of sp³-hybridized carbons (Fsp3) is 0.417. The average molecular weight is 237 g/mol. The van der Waals surface area contributed by atoms with Crippen molar-refractivity contribution >= 4 is 23.4 Å². The molecule has 0 aromatic heterocycles. The zero-order valence-electron chi connectivity index (χ0n) is 9.19. The van der Waals surface area contributed by atoms with Gasteiger partial charge in [0.1, 0.15) is 0 Å². The van der Waals surface area contributed by atoms with Crippen LogP contribution in [0.1, 0.15) is 12.0 Å². The van der Waals surface area contributed by atoms with Crippen LogP contribution in [0.5, 0.6) is 0 Å². The van der Waals surface area contributed by atoms with Crippen molar-refractivity contribution in [3.8, 4) is 0 Å². The Hall–Kier alpha value is -1.00. The van der Waals surface area contributed by atoms with Crippen molar-refractivity contribution in [3.63, 3.8) is 0 Å². The maximum atomic E-state index is 11.9. The highest BCUT2D eigenvalue weighted by molar-refractivity contribution is 7.99. The van der Waals surface area contributed by atoms with Crippen LogP contribution in [0.2, 0.25) is 0 Å². The van der Waals surface area contributed by atoms with E-state index in [1.165, 1.54) is 0 Å². The van der Waals surface area contributed by atoms with E-state index >= 15 is 0 Å². The summed E-state index contributed by atoms with van der Waals surface area (Å²) >= 11 is 1.61. The van der Waals surface area contributed by atoms with Crippen LogP contribution < -0.4 is 5.32 Å². The van der Waals surface area contributed by atoms with Crippen molar-refractivity contribution < 1.29 is 9.90 Å². The lowest BCUT2D eigenvalue weighted by molar-refractivity contribution is -0.131. The van der Waals surface area contributed by atoms with E-state index in [-0.39, 0.29) is 5.91 Å². The third-order valence-electron chi connectivity index (χ3n) is 2.70. The van der Waals surface area contributed by atoms with Gasteiger partial charge in [-0.15, -0.1) is 0 Å². The SMILES string of the molecule is Cc1cccc(NC(=O)C2(O)CCSC2)c1. The zero-order valence-corrected chi connectivity index (χ0v) is 10.0. The van der Waals surface area contributed by atoms with Crippen LogP contribution in [-0.2, 0) is 4.79 Å². The Balaban J connectivity index is 2.07. The smallest absolute Gasteiger partial charge is 0.257 e. The van der Waals surface area contributed by atoms with E-state index < -0.39 is 5.60 Å². The Bertz CT molecular complexity index is 400. The minimum atomic E-state index is -1.19. The summed E-state index contributed by atoms with van der Waals surface area (Å²) in [6.07, 6.45) is 0.537. The average Bonchev–Trinajstić information content (AvgIpc) is 2.66. The Morgan fingerprint density at radius 1 is 1.56 bits per heavy atom. The van der Waals surface area contributed by atoms with Crippen LogP contribution in [-0.4, -0.2) is 28.1 Å². The summed E-state index contributed by atoms with van der Waals surface area (Å²) in [4.78, 5) is 11.9. The van der Waals surface area contributed by atoms with Crippen molar-refractivity contribution in [1.82, 2.24) is 0 Å². The highest BCUT2D eigenvalue weighted by Crippen LogP contribution is 2.29. The lowest BCUT2D eigenvalue weighted by Gasteiger charge is -2.20. The first-order valence-electron chi connectivity index (χ1n) is 5.28. The maximum absolute atomic E-state index is 11.9. The molecule has 1 aliphatic rings. The molecule has 1 atom stereocenters. The molecule has 1 amide bonds. The van der Waals surface area contributed by atoms with E-state index in [4.69, 9.17) is 0 Å². The van der Waals surface area contributed by atoms with E-state index in [1.807, 2.05) is 31.2 Å². The molecular weight excluding hydrogens is 222 g/mol. The first-order chi connectivity index (χ1) is 7.60. The number of amides is 1. The lowest BCUT2D eigenvalue weighted by Crippen LogP contribution is -2.42. The molecule has 1 heterocycles. The van der Waals surface area contributed by atoms with Gasteiger partial charge < -0.3 is 10.4 Å². The number of hydrogen-bond acceptors (Lipinski definition) is 3. The van der Waals surface area contributed by atoms with Crippen molar-refractivity contribution in [1.29, 1.82) is 0 Å². The number of benzene rings is 1. The van der Waals surface area contributed by atoms with Gasteiger partial charge in [-0.2, -0.15) is 11.8 Å². The molecule has 0 radical (unpaired) electrons. The van der Waals surface area contributed by atoms with Gasteiger partial charge in [0.15, 0.2) is 5.60 Å². The van der Waals surface area contributed by atoms with Crippen LogP contribution in [0, 0.1) is 6.92 Å². The highest BCUT2D eigenvalue weighted by Gasteiger charge is 2.39. The third kappa shape index (κ3) is 2.39. The molecular formula is C12H15NO2S. The second-order valence-corrected chi connectivity index (χ2v) is 5.26. The van der Waals surface area contributed by atoms with Gasteiger partial charge in [0, 0.05) is 11.4 Å². The molecule has 0 saturated carbocycles. The second kappa shape index (κ2) is 4.47. The number of rotatable bonds is 2. The molecule has 1 aromatic carbocycles. The van der Waals surface area contributed by atoms with E-state index in [0.29, 0.717) is 12.2 Å². The highest BCUT2D eigenvalue weighted by atomic mass is 32.2. The van der Waals surface area contributed by atoms with Gasteiger partial charge in [-0.1, -0.05) is 12.1 Å². The summed E-state index contributed by atoms with van der Waals surface area (Å²) in [7, 11) is 0. The molecule has 4 heteroatoms. The molecule has 1 aliphatic heterocycles. The van der Waals surface area contributed by atoms with Crippen LogP contribution >= 0.6 is 11.8 Å². The van der Waals surface area contributed by atoms with Crippen molar-refractivity contribution in [2.24, 2.45) is 0 Å². The van der Waals surface area contributed by atoms with Crippen molar-refractivity contribution in [2.75, 3.05) is 16.8 Å². The molecule has 0 aliphatic carbocycles. The number of aliphatic hydroxyl groups is 1. The number of carbonyl (C=O) groups excluding carboxylic acids is 1. The molecule has 16 heavy (non-hydrogen) atoms. The summed E-state index contributed by atoms with van der Waals surface area (Å²) in [6, 6.07) is 7.58. The molecule has 86 valence electrons. The molecule has 0 bridgehead atoms. The van der Waals surface area contributed by atoms with Gasteiger partial charge in [0.25, 0.3) is 5.91 Å². The van der Waals surface area contributed by atoms with E-state index in [0.717, 1.165) is 17.0 Å². The molecule has 0 spiro atoms. The molecule has 1 unspecified atom stereocenters. The Morgan fingerprint density at radius 2 is 2.38 bits per heavy atom. The summed E-state index contributed by atoms with van der Waals surface area (Å²) in [5, 5.41) is 12.8. The standard InChI is InChI=1S/C12H15NO2S/c1-9-3-2-4-10(7-9)13-11(14)12(15)5-6-16-8-12/h2-4,7,15H,5-6,8H2,1H3,(H,13,14). The molecule has 3 nitrogen and oxygen atoms in total. The molecule has 1 aromatic rings. The number of nitrogens with one attached hydrogen (secondary N) is 1. The minimum absolute atomic E-state index is 0.289. The van der Waals surface area contributed by atoms with Crippen LogP contribution in [0.25, 0.3) is 0 Å².